The number of amides is 1. The molecule has 0 radical (unpaired) electrons. The first-order valence-corrected chi connectivity index (χ1v) is 8.23. The summed E-state index contributed by atoms with van der Waals surface area (Å²) < 4.78 is 0. The second kappa shape index (κ2) is 4.83. The number of carbonyl (C=O) groups is 1. The molecule has 21 heavy (non-hydrogen) atoms. The Balaban J connectivity index is 1.50. The van der Waals surface area contributed by atoms with Crippen molar-refractivity contribution in [2.45, 2.75) is 51.0 Å². The average Bonchev–Trinajstić information content (AvgIpc) is 3.13. The molecular weight excluding hydrogens is 264 g/mol. The predicted molar refractivity (Wildman–Crippen MR) is 80.2 cm³/mol. The molecule has 2 saturated heterocycles. The van der Waals surface area contributed by atoms with Gasteiger partial charge in [-0.3, -0.25) is 4.79 Å². The van der Waals surface area contributed by atoms with E-state index in [0.29, 0.717) is 23.1 Å². The number of hydrogen-bond donors (Lipinski definition) is 2. The van der Waals surface area contributed by atoms with E-state index in [0.717, 1.165) is 31.9 Å². The van der Waals surface area contributed by atoms with Gasteiger partial charge in [0.15, 0.2) is 0 Å². The number of aromatic nitrogens is 2. The quantitative estimate of drug-likeness (QED) is 0.873. The molecular formula is C16H24N4O. The van der Waals surface area contributed by atoms with Gasteiger partial charge in [-0.15, -0.1) is 0 Å². The lowest BCUT2D eigenvalue weighted by Crippen LogP contribution is -2.40. The normalized spacial score (nSPS) is 28.2. The Morgan fingerprint density at radius 2 is 2.14 bits per heavy atom. The van der Waals surface area contributed by atoms with Crippen molar-refractivity contribution in [3.63, 3.8) is 0 Å². The topological polar surface area (TPSA) is 61.0 Å². The molecule has 1 saturated carbocycles. The number of likely N-dealkylation sites (tertiary alicyclic amines) is 1. The van der Waals surface area contributed by atoms with Crippen molar-refractivity contribution in [3.8, 4) is 0 Å². The molecule has 0 aromatic carbocycles. The lowest BCUT2D eigenvalue weighted by atomic mass is 9.77. The number of nitrogens with one attached hydrogen (secondary N) is 2. The van der Waals surface area contributed by atoms with Gasteiger partial charge in [-0.05, 0) is 57.5 Å². The van der Waals surface area contributed by atoms with Crippen molar-refractivity contribution in [1.29, 1.82) is 0 Å². The Morgan fingerprint density at radius 3 is 2.86 bits per heavy atom. The molecule has 1 aromatic heterocycles. The Kier molecular flexibility index (Phi) is 3.06. The number of aromatic amines is 1. The highest BCUT2D eigenvalue weighted by Gasteiger charge is 2.44. The van der Waals surface area contributed by atoms with Crippen molar-refractivity contribution < 1.29 is 4.79 Å². The van der Waals surface area contributed by atoms with Crippen LogP contribution in [0.1, 0.15) is 61.3 Å². The number of nitrogens with zero attached hydrogens (tertiary/aromatic N) is 2. The fourth-order valence-corrected chi connectivity index (χ4v) is 4.07. The van der Waals surface area contributed by atoms with E-state index < -0.39 is 0 Å². The summed E-state index contributed by atoms with van der Waals surface area (Å²) >= 11 is 0. The molecule has 1 aromatic rings. The van der Waals surface area contributed by atoms with Crippen LogP contribution in [-0.4, -0.2) is 46.5 Å². The summed E-state index contributed by atoms with van der Waals surface area (Å²) in [6.07, 6.45) is 7.67. The Morgan fingerprint density at radius 1 is 1.38 bits per heavy atom. The van der Waals surface area contributed by atoms with E-state index in [1.165, 1.54) is 25.7 Å². The average molecular weight is 288 g/mol. The van der Waals surface area contributed by atoms with E-state index >= 15 is 0 Å². The van der Waals surface area contributed by atoms with Crippen molar-refractivity contribution in [1.82, 2.24) is 20.2 Å². The first-order chi connectivity index (χ1) is 10.2. The molecule has 3 fully saturated rings. The van der Waals surface area contributed by atoms with Crippen LogP contribution in [0.4, 0.5) is 0 Å². The molecule has 1 aliphatic carbocycles. The summed E-state index contributed by atoms with van der Waals surface area (Å²) in [4.78, 5) is 22.5. The van der Waals surface area contributed by atoms with Crippen LogP contribution in [0.15, 0.2) is 6.20 Å². The molecule has 1 spiro atoms. The maximum atomic E-state index is 12.8. The summed E-state index contributed by atoms with van der Waals surface area (Å²) in [6.45, 7) is 5.27. The van der Waals surface area contributed by atoms with Crippen LogP contribution in [0, 0.1) is 5.41 Å². The third kappa shape index (κ3) is 2.37. The van der Waals surface area contributed by atoms with Gasteiger partial charge in [-0.2, -0.15) is 0 Å². The summed E-state index contributed by atoms with van der Waals surface area (Å²) in [7, 11) is 0. The minimum absolute atomic E-state index is 0.136. The van der Waals surface area contributed by atoms with Gasteiger partial charge >= 0.3 is 0 Å². The summed E-state index contributed by atoms with van der Waals surface area (Å²) in [5.74, 6) is 1.71. The highest BCUT2D eigenvalue weighted by Crippen LogP contribution is 2.42. The Hall–Kier alpha value is -1.36. The first kappa shape index (κ1) is 13.3. The fourth-order valence-electron chi connectivity index (χ4n) is 4.07. The minimum atomic E-state index is 0.136. The van der Waals surface area contributed by atoms with Crippen molar-refractivity contribution in [2.24, 2.45) is 5.41 Å². The van der Waals surface area contributed by atoms with Crippen LogP contribution in [0.3, 0.4) is 0 Å². The predicted octanol–water partition coefficient (Wildman–Crippen LogP) is 1.89. The maximum absolute atomic E-state index is 12.8. The molecule has 3 aliphatic rings. The number of piperidine rings is 1. The standard InChI is InChI=1S/C16H24N4O/c1-11-8-16(4-6-17-7-5-16)10-20(11)15(21)13-9-18-14(19-13)12-2-3-12/h9,11-12,17H,2-8,10H2,1H3,(H,18,19). The fraction of sp³-hybridized carbons (Fsp3) is 0.750. The van der Waals surface area contributed by atoms with E-state index in [1.54, 1.807) is 6.20 Å². The lowest BCUT2D eigenvalue weighted by molar-refractivity contribution is 0.0718. The molecule has 114 valence electrons. The highest BCUT2D eigenvalue weighted by atomic mass is 16.2. The zero-order valence-electron chi connectivity index (χ0n) is 12.7. The van der Waals surface area contributed by atoms with Gasteiger partial charge in [-0.1, -0.05) is 0 Å². The number of carbonyl (C=O) groups excluding carboxylic acids is 1. The molecule has 5 heteroatoms. The minimum Gasteiger partial charge on any atom is -0.338 e. The molecule has 4 rings (SSSR count). The van der Waals surface area contributed by atoms with Crippen LogP contribution in [0.5, 0.6) is 0 Å². The molecule has 2 N–H and O–H groups in total. The van der Waals surface area contributed by atoms with Crippen LogP contribution in [0.2, 0.25) is 0 Å². The highest BCUT2D eigenvalue weighted by molar-refractivity contribution is 5.92. The molecule has 3 heterocycles. The molecule has 2 aliphatic heterocycles. The van der Waals surface area contributed by atoms with Gasteiger partial charge in [0.1, 0.15) is 11.5 Å². The van der Waals surface area contributed by atoms with Gasteiger partial charge in [0.05, 0.1) is 6.20 Å². The van der Waals surface area contributed by atoms with Crippen LogP contribution >= 0.6 is 0 Å². The Bertz CT molecular complexity index is 542. The first-order valence-electron chi connectivity index (χ1n) is 8.23. The number of rotatable bonds is 2. The van der Waals surface area contributed by atoms with E-state index in [4.69, 9.17) is 0 Å². The second-order valence-electron chi connectivity index (χ2n) is 7.19. The van der Waals surface area contributed by atoms with E-state index in [2.05, 4.69) is 27.1 Å². The monoisotopic (exact) mass is 288 g/mol. The molecule has 1 unspecified atom stereocenters. The number of hydrogen-bond acceptors (Lipinski definition) is 3. The number of H-pyrrole nitrogens is 1. The third-order valence-corrected chi connectivity index (χ3v) is 5.48. The molecule has 1 atom stereocenters. The number of imidazole rings is 1. The van der Waals surface area contributed by atoms with Gasteiger partial charge in [0, 0.05) is 18.5 Å². The Labute approximate surface area is 125 Å². The maximum Gasteiger partial charge on any atom is 0.272 e. The zero-order chi connectivity index (χ0) is 14.4. The molecule has 0 bridgehead atoms. The lowest BCUT2D eigenvalue weighted by Gasteiger charge is -2.33. The van der Waals surface area contributed by atoms with Crippen molar-refractivity contribution in [2.75, 3.05) is 19.6 Å². The zero-order valence-corrected chi connectivity index (χ0v) is 12.7. The summed E-state index contributed by atoms with van der Waals surface area (Å²) in [5.41, 5.74) is 1.02. The van der Waals surface area contributed by atoms with Gasteiger partial charge in [0.25, 0.3) is 5.91 Å². The van der Waals surface area contributed by atoms with Gasteiger partial charge in [-0.25, -0.2) is 4.98 Å². The largest absolute Gasteiger partial charge is 0.338 e. The van der Waals surface area contributed by atoms with Crippen LogP contribution in [-0.2, 0) is 0 Å². The van der Waals surface area contributed by atoms with E-state index in [-0.39, 0.29) is 5.91 Å². The van der Waals surface area contributed by atoms with Crippen LogP contribution in [0.25, 0.3) is 0 Å². The van der Waals surface area contributed by atoms with Gasteiger partial charge in [0.2, 0.25) is 0 Å². The molecule has 1 amide bonds. The summed E-state index contributed by atoms with van der Waals surface area (Å²) in [6, 6.07) is 0.336. The van der Waals surface area contributed by atoms with Crippen LogP contribution < -0.4 is 5.32 Å². The SMILES string of the molecule is CC1CC2(CCNCC2)CN1C(=O)c1cnc(C2CC2)[nH]1. The van der Waals surface area contributed by atoms with Crippen molar-refractivity contribution in [3.05, 3.63) is 17.7 Å². The molecule has 5 nitrogen and oxygen atoms in total. The van der Waals surface area contributed by atoms with E-state index in [1.807, 2.05) is 0 Å². The van der Waals surface area contributed by atoms with E-state index in [9.17, 15) is 4.79 Å². The van der Waals surface area contributed by atoms with Gasteiger partial charge < -0.3 is 15.2 Å². The summed E-state index contributed by atoms with van der Waals surface area (Å²) in [5, 5.41) is 3.43. The van der Waals surface area contributed by atoms with Crippen molar-refractivity contribution >= 4 is 5.91 Å². The second-order valence-corrected chi connectivity index (χ2v) is 7.19. The smallest absolute Gasteiger partial charge is 0.272 e. The third-order valence-electron chi connectivity index (χ3n) is 5.48.